The van der Waals surface area contributed by atoms with Crippen molar-refractivity contribution in [2.75, 3.05) is 33.0 Å². The van der Waals surface area contributed by atoms with Crippen molar-refractivity contribution in [1.29, 1.82) is 0 Å². The van der Waals surface area contributed by atoms with Gasteiger partial charge in [-0.15, -0.1) is 0 Å². The Kier molecular flexibility index (Phi) is 7.15. The molecule has 0 unspecified atom stereocenters. The highest BCUT2D eigenvalue weighted by Gasteiger charge is 2.34. The molecule has 0 radical (unpaired) electrons. The molecule has 1 amide bonds. The molecule has 0 bridgehead atoms. The smallest absolute Gasteiger partial charge is 0.411 e. The summed E-state index contributed by atoms with van der Waals surface area (Å²) >= 11 is 0. The number of ether oxygens (including phenoxy) is 3. The Labute approximate surface area is 250 Å². The Morgan fingerprint density at radius 2 is 1.65 bits per heavy atom. The van der Waals surface area contributed by atoms with Crippen molar-refractivity contribution in [3.63, 3.8) is 0 Å². The van der Waals surface area contributed by atoms with Gasteiger partial charge in [-0.3, -0.25) is 4.90 Å². The van der Waals surface area contributed by atoms with Gasteiger partial charge in [-0.05, 0) is 79.8 Å². The van der Waals surface area contributed by atoms with Crippen LogP contribution in [0.25, 0.3) is 44.2 Å². The minimum absolute atomic E-state index is 0.337. The summed E-state index contributed by atoms with van der Waals surface area (Å²) in [5.41, 5.74) is 5.54. The van der Waals surface area contributed by atoms with E-state index < -0.39 is 5.60 Å². The van der Waals surface area contributed by atoms with Crippen LogP contribution >= 0.6 is 0 Å². The van der Waals surface area contributed by atoms with Gasteiger partial charge in [0.05, 0.1) is 42.7 Å². The van der Waals surface area contributed by atoms with Crippen LogP contribution < -0.4 is 0 Å². The van der Waals surface area contributed by atoms with Crippen molar-refractivity contribution in [3.05, 3.63) is 72.4 Å². The maximum absolute atomic E-state index is 12.9. The molecule has 3 aromatic carbocycles. The van der Waals surface area contributed by atoms with Gasteiger partial charge >= 0.3 is 6.09 Å². The fourth-order valence-electron chi connectivity index (χ4n) is 5.98. The van der Waals surface area contributed by atoms with Crippen LogP contribution in [0.3, 0.4) is 0 Å². The van der Waals surface area contributed by atoms with E-state index in [1.165, 1.54) is 10.8 Å². The first kappa shape index (κ1) is 27.6. The second-order valence-electron chi connectivity index (χ2n) is 12.5. The molecule has 43 heavy (non-hydrogen) atoms. The number of hydrogen-bond acceptors (Lipinski definition) is 6. The molecule has 222 valence electrons. The van der Waals surface area contributed by atoms with Crippen molar-refractivity contribution in [1.82, 2.24) is 24.8 Å². The minimum atomic E-state index is -0.572. The molecule has 2 fully saturated rings. The van der Waals surface area contributed by atoms with Crippen molar-refractivity contribution in [2.24, 2.45) is 0 Å². The van der Waals surface area contributed by atoms with Crippen molar-refractivity contribution in [2.45, 2.75) is 51.2 Å². The van der Waals surface area contributed by atoms with Crippen LogP contribution in [0, 0.1) is 0 Å². The first-order chi connectivity index (χ1) is 20.8. The Hall–Kier alpha value is -4.21. The third-order valence-corrected chi connectivity index (χ3v) is 8.20. The second kappa shape index (κ2) is 11.1. The highest BCUT2D eigenvalue weighted by atomic mass is 16.6. The molecule has 2 aromatic heterocycles. The molecule has 2 atom stereocenters. The highest BCUT2D eigenvalue weighted by Crippen LogP contribution is 2.32. The van der Waals surface area contributed by atoms with Crippen LogP contribution in [-0.4, -0.2) is 69.5 Å². The molecular weight excluding hydrogens is 542 g/mol. The summed E-state index contributed by atoms with van der Waals surface area (Å²) in [6.07, 6.45) is 3.77. The topological polar surface area (TPSA) is 105 Å². The summed E-state index contributed by atoms with van der Waals surface area (Å²) in [5, 5.41) is 2.34. The number of nitrogens with one attached hydrogen (secondary N) is 2. The predicted octanol–water partition coefficient (Wildman–Crippen LogP) is 6.98. The van der Waals surface area contributed by atoms with Crippen molar-refractivity contribution >= 4 is 27.9 Å². The number of carbonyl (C=O) groups is 1. The zero-order valence-corrected chi connectivity index (χ0v) is 24.9. The number of imidazole rings is 2. The van der Waals surface area contributed by atoms with Gasteiger partial charge in [0.15, 0.2) is 0 Å². The number of benzene rings is 3. The quantitative estimate of drug-likeness (QED) is 0.238. The lowest BCUT2D eigenvalue weighted by Gasteiger charge is -2.35. The fraction of sp³-hybridized carbons (Fsp3) is 0.382. The Balaban J connectivity index is 1.12. The van der Waals surface area contributed by atoms with Gasteiger partial charge in [0.25, 0.3) is 0 Å². The monoisotopic (exact) mass is 579 g/mol. The van der Waals surface area contributed by atoms with E-state index in [9.17, 15) is 4.79 Å². The Bertz CT molecular complexity index is 1780. The number of carbonyl (C=O) groups excluding carboxylic acids is 1. The molecule has 5 aromatic rings. The lowest BCUT2D eigenvalue weighted by molar-refractivity contribution is -0.0348. The lowest BCUT2D eigenvalue weighted by atomic mass is 9.99. The average molecular weight is 580 g/mol. The Morgan fingerprint density at radius 1 is 0.907 bits per heavy atom. The molecule has 7 rings (SSSR count). The summed E-state index contributed by atoms with van der Waals surface area (Å²) < 4.78 is 17.0. The first-order valence-electron chi connectivity index (χ1n) is 15.0. The molecule has 0 aliphatic carbocycles. The average Bonchev–Trinajstić information content (AvgIpc) is 3.68. The molecule has 9 nitrogen and oxygen atoms in total. The SMILES string of the molecule is CC(C)(C)OC(=O)N1CCOC[C@H]1c1nc2ccc(-c3ccc4cc(-c5cnc([C@H]6CCCOC6)[nH]5)ccc4c3)cc2[nH]1. The second-order valence-corrected chi connectivity index (χ2v) is 12.5. The van der Waals surface area contributed by atoms with Gasteiger partial charge in [-0.25, -0.2) is 14.8 Å². The molecule has 2 N–H and O–H groups in total. The van der Waals surface area contributed by atoms with Gasteiger partial charge < -0.3 is 24.2 Å². The number of nitrogens with zero attached hydrogens (tertiary/aromatic N) is 3. The lowest BCUT2D eigenvalue weighted by Crippen LogP contribution is -2.46. The normalized spacial score (nSPS) is 19.7. The van der Waals surface area contributed by atoms with Crippen LogP contribution in [0.15, 0.2) is 60.8 Å². The van der Waals surface area contributed by atoms with Gasteiger partial charge in [-0.2, -0.15) is 0 Å². The summed E-state index contributed by atoms with van der Waals surface area (Å²) in [6.45, 7) is 8.50. The zero-order valence-electron chi connectivity index (χ0n) is 24.9. The number of fused-ring (bicyclic) bond motifs is 2. The summed E-state index contributed by atoms with van der Waals surface area (Å²) in [6, 6.07) is 18.9. The molecule has 2 aliphatic rings. The van der Waals surface area contributed by atoms with E-state index in [2.05, 4.69) is 63.5 Å². The molecule has 4 heterocycles. The predicted molar refractivity (Wildman–Crippen MR) is 166 cm³/mol. The highest BCUT2D eigenvalue weighted by molar-refractivity contribution is 5.91. The van der Waals surface area contributed by atoms with Crippen LogP contribution in [0.5, 0.6) is 0 Å². The van der Waals surface area contributed by atoms with Crippen LogP contribution in [0.1, 0.15) is 57.2 Å². The van der Waals surface area contributed by atoms with E-state index in [1.807, 2.05) is 33.0 Å². The molecule has 0 saturated carbocycles. The van der Waals surface area contributed by atoms with Crippen molar-refractivity contribution in [3.8, 4) is 22.4 Å². The maximum Gasteiger partial charge on any atom is 0.411 e. The molecule has 2 aliphatic heterocycles. The summed E-state index contributed by atoms with van der Waals surface area (Å²) in [7, 11) is 0. The fourth-order valence-corrected chi connectivity index (χ4v) is 5.98. The van der Waals surface area contributed by atoms with Crippen LogP contribution in [-0.2, 0) is 14.2 Å². The van der Waals surface area contributed by atoms with Gasteiger partial charge in [0.1, 0.15) is 23.3 Å². The van der Waals surface area contributed by atoms with Gasteiger partial charge in [0.2, 0.25) is 0 Å². The number of hydrogen-bond donors (Lipinski definition) is 2. The number of rotatable bonds is 4. The first-order valence-corrected chi connectivity index (χ1v) is 15.0. The van der Waals surface area contributed by atoms with E-state index in [1.54, 1.807) is 4.90 Å². The molecule has 9 heteroatoms. The summed E-state index contributed by atoms with van der Waals surface area (Å²) in [4.78, 5) is 31.1. The third kappa shape index (κ3) is 5.75. The summed E-state index contributed by atoms with van der Waals surface area (Å²) in [5.74, 6) is 2.05. The molecule has 2 saturated heterocycles. The van der Waals surface area contributed by atoms with E-state index >= 15 is 0 Å². The van der Waals surface area contributed by atoms with Gasteiger partial charge in [-0.1, -0.05) is 30.3 Å². The molecule has 0 spiro atoms. The van der Waals surface area contributed by atoms with Gasteiger partial charge in [0, 0.05) is 24.6 Å². The molecular formula is C34H37N5O4. The van der Waals surface area contributed by atoms with E-state index in [-0.39, 0.29) is 12.1 Å². The number of morpholine rings is 1. The van der Waals surface area contributed by atoms with Crippen molar-refractivity contribution < 1.29 is 19.0 Å². The number of aromatic nitrogens is 4. The largest absolute Gasteiger partial charge is 0.444 e. The van der Waals surface area contributed by atoms with E-state index in [0.717, 1.165) is 65.3 Å². The standard InChI is InChI=1S/C34H37N5O4/c1-34(2,3)43-33(40)39-12-14-42-20-30(39)32-36-27-11-10-24(17-28(27)37-32)22-6-7-23-16-25(9-8-21(23)15-22)29-18-35-31(38-29)26-5-4-13-41-19-26/h6-11,15-18,26,30H,4-5,12-14,19-20H2,1-3H3,(H,35,38)(H,36,37)/t26-,30-/m0/s1. The van der Waals surface area contributed by atoms with E-state index in [0.29, 0.717) is 31.5 Å². The zero-order chi connectivity index (χ0) is 29.6. The maximum atomic E-state index is 12.9. The van der Waals surface area contributed by atoms with Crippen LogP contribution in [0.2, 0.25) is 0 Å². The van der Waals surface area contributed by atoms with E-state index in [4.69, 9.17) is 19.2 Å². The minimum Gasteiger partial charge on any atom is -0.444 e. The number of aromatic amines is 2. The Morgan fingerprint density at radius 3 is 2.44 bits per heavy atom. The van der Waals surface area contributed by atoms with Crippen LogP contribution in [0.4, 0.5) is 4.79 Å². The number of H-pyrrole nitrogens is 2. The number of amides is 1. The third-order valence-electron chi connectivity index (χ3n) is 8.20.